The average molecular weight is 621 g/mol. The summed E-state index contributed by atoms with van der Waals surface area (Å²) in [4.78, 5) is 37.5. The van der Waals surface area contributed by atoms with Gasteiger partial charge in [0.1, 0.15) is 24.2 Å². The highest BCUT2D eigenvalue weighted by molar-refractivity contribution is 7.98. The molecule has 3 aliphatic rings. The molecule has 6 atom stereocenters. The van der Waals surface area contributed by atoms with Crippen molar-refractivity contribution >= 4 is 29.3 Å². The molecule has 1 aliphatic carbocycles. The SMILES string of the molecule is CSc1ccc(OCC(COC2C(OC3OCCCC3=O)CC(=O)C2CC=CCCCC(=O)O)OC2CCCCO2)cc1. The summed E-state index contributed by atoms with van der Waals surface area (Å²) in [6.07, 6.45) is 8.32. The van der Waals surface area contributed by atoms with Crippen molar-refractivity contribution in [2.75, 3.05) is 32.7 Å². The van der Waals surface area contributed by atoms with Gasteiger partial charge in [0.15, 0.2) is 12.1 Å². The predicted molar refractivity (Wildman–Crippen MR) is 159 cm³/mol. The van der Waals surface area contributed by atoms with E-state index in [4.69, 9.17) is 33.5 Å². The number of ketones is 2. The van der Waals surface area contributed by atoms with Crippen molar-refractivity contribution in [3.8, 4) is 5.75 Å². The predicted octanol–water partition coefficient (Wildman–Crippen LogP) is 4.97. The zero-order valence-corrected chi connectivity index (χ0v) is 25.7. The van der Waals surface area contributed by atoms with E-state index in [1.54, 1.807) is 11.8 Å². The lowest BCUT2D eigenvalue weighted by Gasteiger charge is -2.31. The van der Waals surface area contributed by atoms with E-state index in [0.29, 0.717) is 51.1 Å². The number of hydrogen-bond acceptors (Lipinski definition) is 10. The third-order valence-corrected chi connectivity index (χ3v) is 8.49. The first-order valence-corrected chi connectivity index (χ1v) is 16.5. The Bertz CT molecular complexity index is 1050. The fourth-order valence-corrected chi connectivity index (χ4v) is 5.82. The van der Waals surface area contributed by atoms with Gasteiger partial charge in [0.2, 0.25) is 6.29 Å². The normalized spacial score (nSPS) is 27.0. The van der Waals surface area contributed by atoms with Gasteiger partial charge in [-0.05, 0) is 75.5 Å². The molecule has 2 heterocycles. The number of carboxylic acid groups (broad SMARTS) is 1. The second kappa shape index (κ2) is 17.9. The second-order valence-corrected chi connectivity index (χ2v) is 11.9. The first-order chi connectivity index (χ1) is 20.9. The van der Waals surface area contributed by atoms with Crippen LogP contribution in [0.4, 0.5) is 0 Å². The molecule has 6 unspecified atom stereocenters. The number of carbonyl (C=O) groups is 3. The lowest BCUT2D eigenvalue weighted by Crippen LogP contribution is -2.42. The van der Waals surface area contributed by atoms with Crippen molar-refractivity contribution in [2.45, 2.75) is 100.0 Å². The van der Waals surface area contributed by atoms with E-state index in [2.05, 4.69) is 0 Å². The molecule has 0 bridgehead atoms. The number of hydrogen-bond donors (Lipinski definition) is 1. The van der Waals surface area contributed by atoms with Gasteiger partial charge in [-0.15, -0.1) is 11.8 Å². The van der Waals surface area contributed by atoms with Crippen LogP contribution in [0.5, 0.6) is 5.75 Å². The Morgan fingerprint density at radius 1 is 1.07 bits per heavy atom. The Morgan fingerprint density at radius 3 is 2.60 bits per heavy atom. The number of carboxylic acids is 1. The summed E-state index contributed by atoms with van der Waals surface area (Å²) in [7, 11) is 0. The van der Waals surface area contributed by atoms with Gasteiger partial charge in [0.25, 0.3) is 0 Å². The molecule has 3 fully saturated rings. The molecule has 238 valence electrons. The van der Waals surface area contributed by atoms with Crippen molar-refractivity contribution in [2.24, 2.45) is 5.92 Å². The fourth-order valence-electron chi connectivity index (χ4n) is 5.42. The van der Waals surface area contributed by atoms with E-state index in [9.17, 15) is 14.4 Å². The Labute approximate surface area is 257 Å². The molecule has 0 radical (unpaired) electrons. The van der Waals surface area contributed by atoms with E-state index < -0.39 is 36.5 Å². The van der Waals surface area contributed by atoms with Crippen molar-refractivity contribution in [3.63, 3.8) is 0 Å². The lowest BCUT2D eigenvalue weighted by molar-refractivity contribution is -0.223. The van der Waals surface area contributed by atoms with Crippen molar-refractivity contribution in [1.29, 1.82) is 0 Å². The number of carbonyl (C=O) groups excluding carboxylic acids is 2. The number of allylic oxidation sites excluding steroid dienone is 2. The smallest absolute Gasteiger partial charge is 0.303 e. The molecule has 11 heteroatoms. The van der Waals surface area contributed by atoms with Crippen LogP contribution in [-0.2, 0) is 38.1 Å². The maximum absolute atomic E-state index is 13.2. The van der Waals surface area contributed by atoms with E-state index in [0.717, 1.165) is 24.2 Å². The van der Waals surface area contributed by atoms with Crippen LogP contribution in [0.3, 0.4) is 0 Å². The van der Waals surface area contributed by atoms with Gasteiger partial charge < -0.3 is 33.5 Å². The quantitative estimate of drug-likeness (QED) is 0.144. The molecule has 1 aromatic rings. The number of Topliss-reactive ketones (excluding diaryl/α,β-unsaturated/α-hetero) is 2. The zero-order chi connectivity index (χ0) is 30.4. The molecule has 1 aromatic carbocycles. The van der Waals surface area contributed by atoms with Gasteiger partial charge >= 0.3 is 5.97 Å². The summed E-state index contributed by atoms with van der Waals surface area (Å²) in [6.45, 7) is 1.43. The third kappa shape index (κ3) is 11.0. The number of thioether (sulfide) groups is 1. The standard InChI is InChI=1S/C32H44O10S/c1-43-24-15-13-22(14-16-24)39-20-23(41-30-12-6-7-17-37-30)21-40-31-25(9-4-2-3-5-11-29(35)36)27(34)19-28(31)42-32-26(33)10-8-18-38-32/h2,4,13-16,23,25,28,30-32H,3,5-12,17-21H2,1H3,(H,35,36). The fraction of sp³-hybridized carbons (Fsp3) is 0.656. The summed E-state index contributed by atoms with van der Waals surface area (Å²) in [5, 5.41) is 8.86. The Kier molecular flexibility index (Phi) is 14.0. The van der Waals surface area contributed by atoms with Gasteiger partial charge in [0.05, 0.1) is 31.3 Å². The van der Waals surface area contributed by atoms with Crippen LogP contribution in [0.1, 0.15) is 64.2 Å². The number of benzene rings is 1. The summed E-state index contributed by atoms with van der Waals surface area (Å²) >= 11 is 1.66. The van der Waals surface area contributed by atoms with Gasteiger partial charge in [-0.2, -0.15) is 0 Å². The number of unbranched alkanes of at least 4 members (excludes halogenated alkanes) is 1. The van der Waals surface area contributed by atoms with Crippen LogP contribution in [-0.4, -0.2) is 86.2 Å². The lowest BCUT2D eigenvalue weighted by atomic mass is 9.99. The second-order valence-electron chi connectivity index (χ2n) is 11.1. The topological polar surface area (TPSA) is 127 Å². The summed E-state index contributed by atoms with van der Waals surface area (Å²) in [5.74, 6) is -0.732. The molecule has 2 aliphatic heterocycles. The number of ether oxygens (including phenoxy) is 6. The highest BCUT2D eigenvalue weighted by Crippen LogP contribution is 2.33. The highest BCUT2D eigenvalue weighted by atomic mass is 32.2. The molecule has 1 N–H and O–H groups in total. The first kappa shape index (κ1) is 33.6. The number of aliphatic carboxylic acids is 1. The summed E-state index contributed by atoms with van der Waals surface area (Å²) in [6, 6.07) is 7.83. The molecular weight excluding hydrogens is 576 g/mol. The summed E-state index contributed by atoms with van der Waals surface area (Å²) < 4.78 is 36.3. The maximum Gasteiger partial charge on any atom is 0.303 e. The van der Waals surface area contributed by atoms with E-state index in [1.807, 2.05) is 42.7 Å². The van der Waals surface area contributed by atoms with Crippen molar-refractivity contribution < 1.29 is 47.9 Å². The largest absolute Gasteiger partial charge is 0.491 e. The van der Waals surface area contributed by atoms with Crippen LogP contribution in [0.15, 0.2) is 41.3 Å². The van der Waals surface area contributed by atoms with E-state index >= 15 is 0 Å². The molecule has 0 spiro atoms. The molecule has 4 rings (SSSR count). The van der Waals surface area contributed by atoms with Gasteiger partial charge in [-0.1, -0.05) is 12.2 Å². The minimum absolute atomic E-state index is 0.00772. The monoisotopic (exact) mass is 620 g/mol. The highest BCUT2D eigenvalue weighted by Gasteiger charge is 2.46. The van der Waals surface area contributed by atoms with Crippen LogP contribution < -0.4 is 4.74 Å². The van der Waals surface area contributed by atoms with Crippen molar-refractivity contribution in [1.82, 2.24) is 0 Å². The Morgan fingerprint density at radius 2 is 1.88 bits per heavy atom. The molecule has 0 aromatic heterocycles. The average Bonchev–Trinajstić information content (AvgIpc) is 3.31. The Hall–Kier alpha value is -2.28. The number of rotatable bonds is 17. The zero-order valence-electron chi connectivity index (χ0n) is 24.9. The molecule has 2 saturated heterocycles. The van der Waals surface area contributed by atoms with Gasteiger partial charge in [0, 0.05) is 30.8 Å². The molecule has 43 heavy (non-hydrogen) atoms. The van der Waals surface area contributed by atoms with Crippen LogP contribution in [0, 0.1) is 5.92 Å². The third-order valence-electron chi connectivity index (χ3n) is 7.75. The maximum atomic E-state index is 13.2. The molecule has 1 saturated carbocycles. The molecular formula is C32H44O10S. The van der Waals surface area contributed by atoms with E-state index in [1.165, 1.54) is 0 Å². The van der Waals surface area contributed by atoms with Gasteiger partial charge in [-0.25, -0.2) is 0 Å². The summed E-state index contributed by atoms with van der Waals surface area (Å²) in [5.41, 5.74) is 0. The molecule has 10 nitrogen and oxygen atoms in total. The van der Waals surface area contributed by atoms with E-state index in [-0.39, 0.29) is 43.9 Å². The minimum Gasteiger partial charge on any atom is -0.491 e. The van der Waals surface area contributed by atoms with Crippen molar-refractivity contribution in [3.05, 3.63) is 36.4 Å². The van der Waals surface area contributed by atoms with Gasteiger partial charge in [-0.3, -0.25) is 14.4 Å². The first-order valence-electron chi connectivity index (χ1n) is 15.3. The Balaban J connectivity index is 1.42. The molecule has 0 amide bonds. The van der Waals surface area contributed by atoms with Crippen LogP contribution in [0.2, 0.25) is 0 Å². The van der Waals surface area contributed by atoms with Crippen LogP contribution in [0.25, 0.3) is 0 Å². The van der Waals surface area contributed by atoms with Crippen LogP contribution >= 0.6 is 11.8 Å². The minimum atomic E-state index is -1.00.